The number of piperidine rings is 1. The van der Waals surface area contributed by atoms with Crippen molar-refractivity contribution in [2.45, 2.75) is 39.8 Å². The number of hydrogen-bond acceptors (Lipinski definition) is 4. The Morgan fingerprint density at radius 3 is 2.67 bits per heavy atom. The highest BCUT2D eigenvalue weighted by atomic mass is 16.3. The Morgan fingerprint density at radius 2 is 2.05 bits per heavy atom. The largest absolute Gasteiger partial charge is 0.465 e. The minimum Gasteiger partial charge on any atom is -0.465 e. The fourth-order valence-electron chi connectivity index (χ4n) is 3.16. The van der Waals surface area contributed by atoms with E-state index in [-0.39, 0.29) is 0 Å². The topological polar surface area (TPSA) is 31.6 Å². The molecule has 2 heterocycles. The Morgan fingerprint density at radius 1 is 1.33 bits per heavy atom. The maximum atomic E-state index is 5.92. The molecule has 0 amide bonds. The maximum absolute atomic E-state index is 5.92. The average molecular weight is 293 g/mol. The quantitative estimate of drug-likeness (QED) is 0.837. The molecule has 2 rings (SSSR count). The average Bonchev–Trinajstić information content (AvgIpc) is 2.78. The molecule has 0 unspecified atom stereocenters. The van der Waals surface area contributed by atoms with E-state index in [1.165, 1.54) is 38.0 Å². The van der Waals surface area contributed by atoms with Crippen LogP contribution in [0.4, 0.5) is 0 Å². The Kier molecular flexibility index (Phi) is 6.27. The molecule has 4 heteroatoms. The molecule has 0 radical (unpaired) electrons. The Bertz CT molecular complexity index is 420. The van der Waals surface area contributed by atoms with E-state index >= 15 is 0 Å². The van der Waals surface area contributed by atoms with Gasteiger partial charge in [0, 0.05) is 18.7 Å². The molecule has 1 aromatic heterocycles. The van der Waals surface area contributed by atoms with Crippen molar-refractivity contribution in [3.05, 3.63) is 23.2 Å². The molecule has 4 nitrogen and oxygen atoms in total. The summed E-state index contributed by atoms with van der Waals surface area (Å²) >= 11 is 0. The predicted molar refractivity (Wildman–Crippen MR) is 87.4 cm³/mol. The lowest BCUT2D eigenvalue weighted by molar-refractivity contribution is 0.148. The third kappa shape index (κ3) is 5.13. The molecule has 0 saturated carbocycles. The van der Waals surface area contributed by atoms with Crippen LogP contribution in [0.15, 0.2) is 10.5 Å². The highest BCUT2D eigenvalue weighted by molar-refractivity contribution is 5.20. The smallest absolute Gasteiger partial charge is 0.118 e. The standard InChI is InChI=1S/C17H31N3O/c1-5-18-11-16-10-17(21-14(16)2)13-20-8-6-15(7-9-20)12-19(3)4/h10,15,18H,5-9,11-13H2,1-4H3. The van der Waals surface area contributed by atoms with Gasteiger partial charge in [-0.25, -0.2) is 0 Å². The third-order valence-electron chi connectivity index (χ3n) is 4.35. The molecule has 1 aliphatic heterocycles. The van der Waals surface area contributed by atoms with E-state index in [4.69, 9.17) is 4.42 Å². The van der Waals surface area contributed by atoms with Gasteiger partial charge in [0.2, 0.25) is 0 Å². The maximum Gasteiger partial charge on any atom is 0.118 e. The van der Waals surface area contributed by atoms with Crippen LogP contribution in [0.5, 0.6) is 0 Å². The van der Waals surface area contributed by atoms with Crippen molar-refractivity contribution in [3.63, 3.8) is 0 Å². The van der Waals surface area contributed by atoms with Crippen LogP contribution in [0.2, 0.25) is 0 Å². The molecule has 1 aliphatic rings. The SMILES string of the molecule is CCNCc1cc(CN2CCC(CN(C)C)CC2)oc1C. The van der Waals surface area contributed by atoms with Gasteiger partial charge < -0.3 is 14.6 Å². The normalized spacial score (nSPS) is 17.8. The van der Waals surface area contributed by atoms with E-state index in [0.29, 0.717) is 0 Å². The molecule has 1 saturated heterocycles. The van der Waals surface area contributed by atoms with E-state index < -0.39 is 0 Å². The highest BCUT2D eigenvalue weighted by Crippen LogP contribution is 2.21. The Hall–Kier alpha value is -0.840. The van der Waals surface area contributed by atoms with Crippen LogP contribution < -0.4 is 5.32 Å². The summed E-state index contributed by atoms with van der Waals surface area (Å²) in [5.74, 6) is 3.04. The van der Waals surface area contributed by atoms with Crippen molar-refractivity contribution in [3.8, 4) is 0 Å². The molecule has 1 fully saturated rings. The zero-order chi connectivity index (χ0) is 15.2. The van der Waals surface area contributed by atoms with Gasteiger partial charge in [-0.05, 0) is 65.5 Å². The highest BCUT2D eigenvalue weighted by Gasteiger charge is 2.20. The molecular weight excluding hydrogens is 262 g/mol. The van der Waals surface area contributed by atoms with Crippen LogP contribution in [0.3, 0.4) is 0 Å². The molecule has 0 spiro atoms. The fraction of sp³-hybridized carbons (Fsp3) is 0.765. The van der Waals surface area contributed by atoms with Crippen molar-refractivity contribution < 1.29 is 4.42 Å². The van der Waals surface area contributed by atoms with Crippen LogP contribution in [0.1, 0.15) is 36.8 Å². The zero-order valence-corrected chi connectivity index (χ0v) is 14.1. The summed E-state index contributed by atoms with van der Waals surface area (Å²) in [5.41, 5.74) is 1.30. The number of nitrogens with one attached hydrogen (secondary N) is 1. The molecule has 120 valence electrons. The second-order valence-electron chi connectivity index (χ2n) is 6.56. The lowest BCUT2D eigenvalue weighted by Gasteiger charge is -2.32. The predicted octanol–water partition coefficient (Wildman–Crippen LogP) is 2.47. The van der Waals surface area contributed by atoms with Gasteiger partial charge in [0.25, 0.3) is 0 Å². The second kappa shape index (κ2) is 7.97. The van der Waals surface area contributed by atoms with E-state index in [1.807, 2.05) is 0 Å². The molecule has 21 heavy (non-hydrogen) atoms. The van der Waals surface area contributed by atoms with Crippen molar-refractivity contribution >= 4 is 0 Å². The summed E-state index contributed by atoms with van der Waals surface area (Å²) in [7, 11) is 4.34. The van der Waals surface area contributed by atoms with Gasteiger partial charge in [0.05, 0.1) is 6.54 Å². The molecule has 0 aromatic carbocycles. The first-order valence-corrected chi connectivity index (χ1v) is 8.24. The van der Waals surface area contributed by atoms with Gasteiger partial charge in [-0.15, -0.1) is 0 Å². The van der Waals surface area contributed by atoms with Gasteiger partial charge >= 0.3 is 0 Å². The minimum atomic E-state index is 0.860. The first-order chi connectivity index (χ1) is 10.1. The van der Waals surface area contributed by atoms with Crippen LogP contribution in [-0.2, 0) is 13.1 Å². The first kappa shape index (κ1) is 16.5. The molecular formula is C17H31N3O. The number of rotatable bonds is 7. The molecule has 0 atom stereocenters. The fourth-order valence-corrected chi connectivity index (χ4v) is 3.16. The summed E-state index contributed by atoms with van der Waals surface area (Å²) in [6, 6.07) is 2.23. The van der Waals surface area contributed by atoms with Crippen molar-refractivity contribution in [2.24, 2.45) is 5.92 Å². The van der Waals surface area contributed by atoms with E-state index in [2.05, 4.69) is 49.1 Å². The van der Waals surface area contributed by atoms with E-state index in [9.17, 15) is 0 Å². The van der Waals surface area contributed by atoms with Gasteiger partial charge in [0.1, 0.15) is 11.5 Å². The van der Waals surface area contributed by atoms with Gasteiger partial charge in [-0.3, -0.25) is 4.90 Å². The number of likely N-dealkylation sites (tertiary alicyclic amines) is 1. The van der Waals surface area contributed by atoms with E-state index in [1.54, 1.807) is 0 Å². The first-order valence-electron chi connectivity index (χ1n) is 8.24. The van der Waals surface area contributed by atoms with Crippen LogP contribution in [-0.4, -0.2) is 50.1 Å². The zero-order valence-electron chi connectivity index (χ0n) is 14.1. The van der Waals surface area contributed by atoms with Gasteiger partial charge in [-0.1, -0.05) is 6.92 Å². The van der Waals surface area contributed by atoms with Crippen molar-refractivity contribution in [1.82, 2.24) is 15.1 Å². The minimum absolute atomic E-state index is 0.860. The van der Waals surface area contributed by atoms with Crippen LogP contribution >= 0.6 is 0 Å². The summed E-state index contributed by atoms with van der Waals surface area (Å²) in [4.78, 5) is 4.84. The van der Waals surface area contributed by atoms with Crippen molar-refractivity contribution in [2.75, 3.05) is 40.3 Å². The Balaban J connectivity index is 1.80. The number of aryl methyl sites for hydroxylation is 1. The lowest BCUT2D eigenvalue weighted by atomic mass is 9.96. The molecule has 1 aromatic rings. The molecule has 1 N–H and O–H groups in total. The lowest BCUT2D eigenvalue weighted by Crippen LogP contribution is -2.36. The summed E-state index contributed by atoms with van der Waals surface area (Å²) in [5, 5.41) is 3.37. The number of furan rings is 1. The molecule has 0 aliphatic carbocycles. The van der Waals surface area contributed by atoms with Crippen LogP contribution in [0, 0.1) is 12.8 Å². The summed E-state index contributed by atoms with van der Waals surface area (Å²) < 4.78 is 5.92. The number of nitrogens with zero attached hydrogens (tertiary/aromatic N) is 2. The Labute approximate surface area is 129 Å². The second-order valence-corrected chi connectivity index (χ2v) is 6.56. The molecule has 0 bridgehead atoms. The van der Waals surface area contributed by atoms with E-state index in [0.717, 1.165) is 37.1 Å². The van der Waals surface area contributed by atoms with Crippen molar-refractivity contribution in [1.29, 1.82) is 0 Å². The summed E-state index contributed by atoms with van der Waals surface area (Å²) in [6.45, 7) is 10.7. The monoisotopic (exact) mass is 293 g/mol. The summed E-state index contributed by atoms with van der Waals surface area (Å²) in [6.07, 6.45) is 2.62. The van der Waals surface area contributed by atoms with Gasteiger partial charge in [0.15, 0.2) is 0 Å². The third-order valence-corrected chi connectivity index (χ3v) is 4.35. The van der Waals surface area contributed by atoms with Crippen LogP contribution in [0.25, 0.3) is 0 Å². The number of hydrogen-bond donors (Lipinski definition) is 1. The van der Waals surface area contributed by atoms with Gasteiger partial charge in [-0.2, -0.15) is 0 Å².